The Hall–Kier alpha value is -1.13. The summed E-state index contributed by atoms with van der Waals surface area (Å²) in [5, 5.41) is 3.49. The van der Waals surface area contributed by atoms with Crippen molar-refractivity contribution >= 4 is 5.69 Å². The fourth-order valence-corrected chi connectivity index (χ4v) is 2.69. The zero-order chi connectivity index (χ0) is 14.7. The van der Waals surface area contributed by atoms with E-state index in [9.17, 15) is 0 Å². The summed E-state index contributed by atoms with van der Waals surface area (Å²) in [6.07, 6.45) is 2.56. The molecule has 0 aromatic carbocycles. The average molecular weight is 277 g/mol. The first-order valence-electron chi connectivity index (χ1n) is 7.55. The van der Waals surface area contributed by atoms with Crippen LogP contribution in [0.2, 0.25) is 0 Å². The lowest BCUT2D eigenvalue weighted by molar-refractivity contribution is -0.00527. The Kier molecular flexibility index (Phi) is 5.00. The molecule has 4 nitrogen and oxygen atoms in total. The number of rotatable bonds is 4. The Bertz CT molecular complexity index is 437. The van der Waals surface area contributed by atoms with Crippen molar-refractivity contribution in [1.29, 1.82) is 0 Å². The Labute approximate surface area is 122 Å². The molecular formula is C16H27N3O. The Morgan fingerprint density at radius 3 is 2.60 bits per heavy atom. The molecule has 1 N–H and O–H groups in total. The van der Waals surface area contributed by atoms with Gasteiger partial charge in [-0.05, 0) is 26.8 Å². The smallest absolute Gasteiger partial charge is 0.0726 e. The van der Waals surface area contributed by atoms with Gasteiger partial charge in [-0.2, -0.15) is 0 Å². The lowest BCUT2D eigenvalue weighted by atomic mass is 10.1. The van der Waals surface area contributed by atoms with Crippen molar-refractivity contribution in [1.82, 2.24) is 10.3 Å². The normalized spacial score (nSPS) is 23.4. The first kappa shape index (κ1) is 15.3. The third-order valence-electron chi connectivity index (χ3n) is 3.56. The minimum absolute atomic E-state index is 0.276. The van der Waals surface area contributed by atoms with Gasteiger partial charge in [0.05, 0.1) is 12.2 Å². The van der Waals surface area contributed by atoms with Crippen molar-refractivity contribution in [2.75, 3.05) is 18.0 Å². The molecule has 0 saturated carbocycles. The van der Waals surface area contributed by atoms with Crippen LogP contribution in [0.3, 0.4) is 0 Å². The first-order chi connectivity index (χ1) is 9.45. The van der Waals surface area contributed by atoms with Crippen LogP contribution in [0.1, 0.15) is 39.0 Å². The van der Waals surface area contributed by atoms with Gasteiger partial charge >= 0.3 is 0 Å². The molecule has 1 aromatic rings. The molecule has 0 spiro atoms. The van der Waals surface area contributed by atoms with Crippen molar-refractivity contribution in [3.63, 3.8) is 0 Å². The van der Waals surface area contributed by atoms with Gasteiger partial charge < -0.3 is 15.0 Å². The Morgan fingerprint density at radius 1 is 1.35 bits per heavy atom. The van der Waals surface area contributed by atoms with Gasteiger partial charge in [-0.1, -0.05) is 13.8 Å². The lowest BCUT2D eigenvalue weighted by Crippen LogP contribution is -2.46. The predicted octanol–water partition coefficient (Wildman–Crippen LogP) is 2.50. The number of morpholine rings is 1. The Balaban J connectivity index is 2.21. The van der Waals surface area contributed by atoms with Crippen LogP contribution in [0, 0.1) is 6.92 Å². The predicted molar refractivity (Wildman–Crippen MR) is 83.2 cm³/mol. The number of aromatic nitrogens is 1. The summed E-state index contributed by atoms with van der Waals surface area (Å²) in [7, 11) is 0. The molecule has 0 amide bonds. The maximum Gasteiger partial charge on any atom is 0.0726 e. The van der Waals surface area contributed by atoms with E-state index in [0.29, 0.717) is 6.04 Å². The largest absolute Gasteiger partial charge is 0.372 e. The maximum atomic E-state index is 5.83. The number of aryl methyl sites for hydroxylation is 1. The number of nitrogens with one attached hydrogen (secondary N) is 1. The SMILES string of the molecule is Cc1cc(N2CC(C)OC(C)C2)c(CNC(C)C)cn1. The molecule has 2 atom stereocenters. The summed E-state index contributed by atoms with van der Waals surface area (Å²) in [6, 6.07) is 2.67. The van der Waals surface area contributed by atoms with Crippen LogP contribution in [0.4, 0.5) is 5.69 Å². The lowest BCUT2D eigenvalue weighted by Gasteiger charge is -2.38. The van der Waals surface area contributed by atoms with Crippen molar-refractivity contribution in [2.45, 2.75) is 59.4 Å². The van der Waals surface area contributed by atoms with E-state index in [4.69, 9.17) is 4.74 Å². The fourth-order valence-electron chi connectivity index (χ4n) is 2.69. The third-order valence-corrected chi connectivity index (χ3v) is 3.56. The average Bonchev–Trinajstić information content (AvgIpc) is 2.36. The van der Waals surface area contributed by atoms with E-state index in [1.165, 1.54) is 11.3 Å². The molecule has 4 heteroatoms. The first-order valence-corrected chi connectivity index (χ1v) is 7.55. The summed E-state index contributed by atoms with van der Waals surface area (Å²) in [5.41, 5.74) is 3.64. The molecule has 0 bridgehead atoms. The second kappa shape index (κ2) is 6.55. The summed E-state index contributed by atoms with van der Waals surface area (Å²) < 4.78 is 5.83. The van der Waals surface area contributed by atoms with Crippen LogP contribution in [0.5, 0.6) is 0 Å². The molecule has 1 aliphatic rings. The molecule has 0 aliphatic carbocycles. The van der Waals surface area contributed by atoms with Gasteiger partial charge in [-0.15, -0.1) is 0 Å². The van der Waals surface area contributed by atoms with E-state index in [0.717, 1.165) is 25.3 Å². The number of nitrogens with zero attached hydrogens (tertiary/aromatic N) is 2. The minimum Gasteiger partial charge on any atom is -0.372 e. The summed E-state index contributed by atoms with van der Waals surface area (Å²) in [5.74, 6) is 0. The monoisotopic (exact) mass is 277 g/mol. The quantitative estimate of drug-likeness (QED) is 0.917. The second-order valence-corrected chi connectivity index (χ2v) is 6.15. The zero-order valence-electron chi connectivity index (χ0n) is 13.3. The molecule has 1 saturated heterocycles. The highest BCUT2D eigenvalue weighted by molar-refractivity contribution is 5.54. The van der Waals surface area contributed by atoms with E-state index in [1.807, 2.05) is 6.20 Å². The van der Waals surface area contributed by atoms with Crippen molar-refractivity contribution < 1.29 is 4.74 Å². The highest BCUT2D eigenvalue weighted by Crippen LogP contribution is 2.25. The molecule has 1 fully saturated rings. The minimum atomic E-state index is 0.276. The van der Waals surface area contributed by atoms with Crippen molar-refractivity contribution in [3.05, 3.63) is 23.5 Å². The van der Waals surface area contributed by atoms with E-state index in [2.05, 4.69) is 55.9 Å². The van der Waals surface area contributed by atoms with Crippen LogP contribution < -0.4 is 10.2 Å². The summed E-state index contributed by atoms with van der Waals surface area (Å²) >= 11 is 0. The fraction of sp³-hybridized carbons (Fsp3) is 0.688. The van der Waals surface area contributed by atoms with Gasteiger partial charge in [0, 0.05) is 48.8 Å². The number of ether oxygens (including phenoxy) is 1. The van der Waals surface area contributed by atoms with Gasteiger partial charge in [0.2, 0.25) is 0 Å². The van der Waals surface area contributed by atoms with Crippen LogP contribution in [-0.4, -0.2) is 36.3 Å². The maximum absolute atomic E-state index is 5.83. The van der Waals surface area contributed by atoms with Crippen molar-refractivity contribution in [2.24, 2.45) is 0 Å². The third kappa shape index (κ3) is 3.93. The van der Waals surface area contributed by atoms with Crippen LogP contribution in [0.25, 0.3) is 0 Å². The summed E-state index contributed by atoms with van der Waals surface area (Å²) in [6.45, 7) is 13.4. The van der Waals surface area contributed by atoms with E-state index < -0.39 is 0 Å². The molecule has 20 heavy (non-hydrogen) atoms. The Morgan fingerprint density at radius 2 is 2.00 bits per heavy atom. The molecule has 112 valence electrons. The highest BCUT2D eigenvalue weighted by atomic mass is 16.5. The molecule has 0 radical (unpaired) electrons. The number of hydrogen-bond donors (Lipinski definition) is 1. The van der Waals surface area contributed by atoms with Crippen molar-refractivity contribution in [3.8, 4) is 0 Å². The standard InChI is InChI=1S/C16H27N3O/c1-11(2)17-7-15-8-18-12(3)6-16(15)19-9-13(4)20-14(5)10-19/h6,8,11,13-14,17H,7,9-10H2,1-5H3. The zero-order valence-corrected chi connectivity index (χ0v) is 13.3. The van der Waals surface area contributed by atoms with E-state index in [-0.39, 0.29) is 12.2 Å². The number of pyridine rings is 1. The number of hydrogen-bond acceptors (Lipinski definition) is 4. The van der Waals surface area contributed by atoms with Gasteiger partial charge in [-0.25, -0.2) is 0 Å². The molecule has 1 aliphatic heterocycles. The topological polar surface area (TPSA) is 37.4 Å². The second-order valence-electron chi connectivity index (χ2n) is 6.15. The molecule has 2 unspecified atom stereocenters. The number of anilines is 1. The summed E-state index contributed by atoms with van der Waals surface area (Å²) in [4.78, 5) is 6.89. The molecule has 2 rings (SSSR count). The van der Waals surface area contributed by atoms with Crippen LogP contribution in [-0.2, 0) is 11.3 Å². The van der Waals surface area contributed by atoms with Gasteiger partial charge in [-0.3, -0.25) is 4.98 Å². The van der Waals surface area contributed by atoms with Gasteiger partial charge in [0.15, 0.2) is 0 Å². The highest BCUT2D eigenvalue weighted by Gasteiger charge is 2.24. The molecule has 2 heterocycles. The van der Waals surface area contributed by atoms with Gasteiger partial charge in [0.25, 0.3) is 0 Å². The van der Waals surface area contributed by atoms with E-state index >= 15 is 0 Å². The molecular weight excluding hydrogens is 250 g/mol. The van der Waals surface area contributed by atoms with Crippen LogP contribution >= 0.6 is 0 Å². The molecule has 1 aromatic heterocycles. The van der Waals surface area contributed by atoms with E-state index in [1.54, 1.807) is 0 Å². The van der Waals surface area contributed by atoms with Gasteiger partial charge in [0.1, 0.15) is 0 Å². The van der Waals surface area contributed by atoms with Crippen LogP contribution in [0.15, 0.2) is 12.3 Å².